The van der Waals surface area contributed by atoms with Gasteiger partial charge in [-0.15, -0.1) is 0 Å². The third-order valence-corrected chi connectivity index (χ3v) is 3.02. The predicted octanol–water partition coefficient (Wildman–Crippen LogP) is 3.87. The molecular formula is C16H14N2O. The molecule has 0 spiro atoms. The van der Waals surface area contributed by atoms with Crippen molar-refractivity contribution in [2.75, 3.05) is 11.1 Å². The summed E-state index contributed by atoms with van der Waals surface area (Å²) in [6, 6.07) is 19.0. The molecule has 0 saturated heterocycles. The zero-order chi connectivity index (χ0) is 13.2. The number of hydrogen-bond donors (Lipinski definition) is 3. The maximum atomic E-state index is 10.1. The van der Waals surface area contributed by atoms with E-state index in [1.54, 1.807) is 12.1 Å². The van der Waals surface area contributed by atoms with Gasteiger partial charge in [0.05, 0.1) is 0 Å². The van der Waals surface area contributed by atoms with Crippen molar-refractivity contribution in [3.05, 3.63) is 60.7 Å². The highest BCUT2D eigenvalue weighted by Gasteiger charge is 2.04. The van der Waals surface area contributed by atoms with Gasteiger partial charge in [-0.05, 0) is 35.7 Å². The number of para-hydroxylation sites is 1. The van der Waals surface area contributed by atoms with Gasteiger partial charge in [-0.25, -0.2) is 0 Å². The molecule has 94 valence electrons. The van der Waals surface area contributed by atoms with Crippen LogP contribution in [-0.2, 0) is 0 Å². The van der Waals surface area contributed by atoms with Crippen molar-refractivity contribution in [2.45, 2.75) is 0 Å². The molecule has 0 fully saturated rings. The van der Waals surface area contributed by atoms with E-state index in [1.807, 2.05) is 48.5 Å². The summed E-state index contributed by atoms with van der Waals surface area (Å²) in [5.74, 6) is 0.225. The van der Waals surface area contributed by atoms with E-state index in [9.17, 15) is 5.11 Å². The number of rotatable bonds is 2. The van der Waals surface area contributed by atoms with Crippen LogP contribution in [0, 0.1) is 0 Å². The van der Waals surface area contributed by atoms with Crippen LogP contribution in [0.2, 0.25) is 0 Å². The van der Waals surface area contributed by atoms with Crippen LogP contribution in [0.1, 0.15) is 0 Å². The summed E-state index contributed by atoms with van der Waals surface area (Å²) < 4.78 is 0. The van der Waals surface area contributed by atoms with E-state index in [2.05, 4.69) is 5.32 Å². The lowest BCUT2D eigenvalue weighted by Crippen LogP contribution is -1.90. The Morgan fingerprint density at radius 1 is 0.842 bits per heavy atom. The van der Waals surface area contributed by atoms with E-state index in [4.69, 9.17) is 5.73 Å². The molecule has 0 bridgehead atoms. The predicted molar refractivity (Wildman–Crippen MR) is 79.7 cm³/mol. The van der Waals surface area contributed by atoms with Gasteiger partial charge in [0.1, 0.15) is 5.75 Å². The molecule has 3 aromatic rings. The topological polar surface area (TPSA) is 58.3 Å². The number of phenols is 1. The molecule has 0 heterocycles. The molecule has 3 rings (SSSR count). The maximum absolute atomic E-state index is 10.1. The Morgan fingerprint density at radius 3 is 2.42 bits per heavy atom. The highest BCUT2D eigenvalue weighted by Crippen LogP contribution is 2.31. The second-order valence-electron chi connectivity index (χ2n) is 4.47. The van der Waals surface area contributed by atoms with Gasteiger partial charge in [-0.3, -0.25) is 0 Å². The summed E-state index contributed by atoms with van der Waals surface area (Å²) >= 11 is 0. The number of nitrogens with one attached hydrogen (secondary N) is 1. The van der Waals surface area contributed by atoms with Crippen LogP contribution in [0.15, 0.2) is 60.7 Å². The van der Waals surface area contributed by atoms with Crippen molar-refractivity contribution in [2.24, 2.45) is 0 Å². The van der Waals surface area contributed by atoms with Crippen LogP contribution in [-0.4, -0.2) is 5.11 Å². The third-order valence-electron chi connectivity index (χ3n) is 3.02. The normalized spacial score (nSPS) is 10.5. The monoisotopic (exact) mass is 250 g/mol. The average molecular weight is 250 g/mol. The Hall–Kier alpha value is -2.68. The summed E-state index contributed by atoms with van der Waals surface area (Å²) in [6.45, 7) is 0. The first kappa shape index (κ1) is 11.4. The molecule has 0 unspecified atom stereocenters. The highest BCUT2D eigenvalue weighted by atomic mass is 16.3. The van der Waals surface area contributed by atoms with Crippen LogP contribution in [0.25, 0.3) is 10.8 Å². The van der Waals surface area contributed by atoms with E-state index in [0.717, 1.165) is 22.1 Å². The molecule has 19 heavy (non-hydrogen) atoms. The smallest absolute Gasteiger partial charge is 0.125 e. The second-order valence-corrected chi connectivity index (χ2v) is 4.47. The minimum absolute atomic E-state index is 0.225. The summed E-state index contributed by atoms with van der Waals surface area (Å²) in [5.41, 5.74) is 8.20. The Morgan fingerprint density at radius 2 is 1.63 bits per heavy atom. The number of benzene rings is 3. The molecule has 3 aromatic carbocycles. The molecule has 0 atom stereocenters. The summed E-state index contributed by atoms with van der Waals surface area (Å²) in [7, 11) is 0. The number of nitrogens with two attached hydrogens (primary N) is 1. The van der Waals surface area contributed by atoms with Crippen LogP contribution in [0.5, 0.6) is 5.75 Å². The van der Waals surface area contributed by atoms with Gasteiger partial charge in [0.2, 0.25) is 0 Å². The molecule has 0 aromatic heterocycles. The quantitative estimate of drug-likeness (QED) is 0.605. The van der Waals surface area contributed by atoms with Crippen molar-refractivity contribution < 1.29 is 5.11 Å². The number of aromatic hydroxyl groups is 1. The van der Waals surface area contributed by atoms with Gasteiger partial charge in [0.15, 0.2) is 0 Å². The van der Waals surface area contributed by atoms with Gasteiger partial charge >= 0.3 is 0 Å². The van der Waals surface area contributed by atoms with Crippen molar-refractivity contribution in [3.8, 4) is 5.75 Å². The van der Waals surface area contributed by atoms with E-state index < -0.39 is 0 Å². The van der Waals surface area contributed by atoms with Crippen LogP contribution in [0.4, 0.5) is 17.1 Å². The van der Waals surface area contributed by atoms with E-state index in [-0.39, 0.29) is 5.75 Å². The molecule has 3 heteroatoms. The van der Waals surface area contributed by atoms with Crippen molar-refractivity contribution in [3.63, 3.8) is 0 Å². The molecule has 3 nitrogen and oxygen atoms in total. The number of nitrogen functional groups attached to an aromatic ring is 1. The van der Waals surface area contributed by atoms with Crippen LogP contribution in [0.3, 0.4) is 0 Å². The lowest BCUT2D eigenvalue weighted by atomic mass is 10.1. The fourth-order valence-corrected chi connectivity index (χ4v) is 2.12. The SMILES string of the molecule is Nc1ccc2cc(Nc3ccccc3)cc(O)c2c1. The molecule has 0 aliphatic carbocycles. The zero-order valence-electron chi connectivity index (χ0n) is 10.3. The lowest BCUT2D eigenvalue weighted by molar-refractivity contribution is 0.482. The third kappa shape index (κ3) is 2.31. The van der Waals surface area contributed by atoms with Gasteiger partial charge in [-0.2, -0.15) is 0 Å². The lowest BCUT2D eigenvalue weighted by Gasteiger charge is -2.09. The Labute approximate surface area is 111 Å². The molecule has 0 aliphatic rings. The Bertz CT molecular complexity index is 723. The summed E-state index contributed by atoms with van der Waals surface area (Å²) in [6.07, 6.45) is 0. The fraction of sp³-hybridized carbons (Fsp3) is 0. The first-order valence-electron chi connectivity index (χ1n) is 6.07. The number of hydrogen-bond acceptors (Lipinski definition) is 3. The van der Waals surface area contributed by atoms with E-state index >= 15 is 0 Å². The maximum Gasteiger partial charge on any atom is 0.125 e. The minimum atomic E-state index is 0.225. The van der Waals surface area contributed by atoms with Crippen LogP contribution >= 0.6 is 0 Å². The van der Waals surface area contributed by atoms with Gasteiger partial charge in [0.25, 0.3) is 0 Å². The largest absolute Gasteiger partial charge is 0.507 e. The first-order valence-corrected chi connectivity index (χ1v) is 6.07. The summed E-state index contributed by atoms with van der Waals surface area (Å²) in [5, 5.41) is 15.0. The Balaban J connectivity index is 2.04. The highest BCUT2D eigenvalue weighted by molar-refractivity contribution is 5.93. The Kier molecular flexibility index (Phi) is 2.72. The van der Waals surface area contributed by atoms with Crippen molar-refractivity contribution >= 4 is 27.8 Å². The first-order chi connectivity index (χ1) is 9.22. The molecule has 4 N–H and O–H groups in total. The fourth-order valence-electron chi connectivity index (χ4n) is 2.12. The van der Waals surface area contributed by atoms with E-state index in [1.165, 1.54) is 0 Å². The number of anilines is 3. The minimum Gasteiger partial charge on any atom is -0.507 e. The zero-order valence-corrected chi connectivity index (χ0v) is 10.3. The van der Waals surface area contributed by atoms with Gasteiger partial charge in [0, 0.05) is 28.5 Å². The molecule has 0 radical (unpaired) electrons. The van der Waals surface area contributed by atoms with Crippen LogP contribution < -0.4 is 11.1 Å². The van der Waals surface area contributed by atoms with Gasteiger partial charge in [-0.1, -0.05) is 24.3 Å². The molecular weight excluding hydrogens is 236 g/mol. The second kappa shape index (κ2) is 4.53. The molecule has 0 saturated carbocycles. The van der Waals surface area contributed by atoms with Crippen molar-refractivity contribution in [1.82, 2.24) is 0 Å². The number of fused-ring (bicyclic) bond motifs is 1. The summed E-state index contributed by atoms with van der Waals surface area (Å²) in [4.78, 5) is 0. The van der Waals surface area contributed by atoms with Gasteiger partial charge < -0.3 is 16.2 Å². The van der Waals surface area contributed by atoms with Crippen molar-refractivity contribution in [1.29, 1.82) is 0 Å². The standard InChI is InChI=1S/C16H14N2O/c17-12-7-6-11-8-14(10-16(19)15(11)9-12)18-13-4-2-1-3-5-13/h1-10,18-19H,17H2. The van der Waals surface area contributed by atoms with E-state index in [0.29, 0.717) is 5.69 Å². The average Bonchev–Trinajstić information content (AvgIpc) is 2.41. The number of phenolic OH excluding ortho intramolecular Hbond substituents is 1. The molecule has 0 amide bonds. The molecule has 0 aliphatic heterocycles.